The van der Waals surface area contributed by atoms with Crippen LogP contribution in [0.2, 0.25) is 0 Å². The molecule has 0 N–H and O–H groups in total. The van der Waals surface area contributed by atoms with Gasteiger partial charge in [0, 0.05) is 11.8 Å². The lowest BCUT2D eigenvalue weighted by Crippen LogP contribution is -2.41. The fourth-order valence-corrected chi connectivity index (χ4v) is 7.11. The summed E-state index contributed by atoms with van der Waals surface area (Å²) in [5.74, 6) is 1.54. The highest BCUT2D eigenvalue weighted by molar-refractivity contribution is 5.81. The minimum Gasteiger partial charge on any atom is -0.0842 e. The van der Waals surface area contributed by atoms with Gasteiger partial charge < -0.3 is 0 Å². The van der Waals surface area contributed by atoms with E-state index in [1.807, 2.05) is 0 Å². The summed E-state index contributed by atoms with van der Waals surface area (Å²) >= 11 is 0. The van der Waals surface area contributed by atoms with Crippen LogP contribution in [0.4, 0.5) is 0 Å². The molecule has 0 saturated carbocycles. The summed E-state index contributed by atoms with van der Waals surface area (Å²) in [7, 11) is 0. The minimum atomic E-state index is 0.428. The maximum atomic E-state index is 2.56. The third-order valence-electron chi connectivity index (χ3n) is 8.73. The number of hydrogen-bond acceptors (Lipinski definition) is 0. The first kappa shape index (κ1) is 20.3. The standard InChI is InChI=1S/C34H32/c1-3-11-25-21-27(19-17-23(25)9-1)33-29-13-5-7-15-31(29)34(32-16-8-6-14-30(32)33)28-20-18-24-10-2-4-12-26(24)22-28/h1-2,5-10,13-17,19,22,25,29,31H,3-4,11-12,18,20-21H2. The molecule has 3 unspecified atom stereocenters. The summed E-state index contributed by atoms with van der Waals surface area (Å²) < 4.78 is 0. The van der Waals surface area contributed by atoms with Gasteiger partial charge >= 0.3 is 0 Å². The third kappa shape index (κ3) is 3.27. The molecule has 0 heteroatoms. The van der Waals surface area contributed by atoms with Gasteiger partial charge in [-0.2, -0.15) is 0 Å². The van der Waals surface area contributed by atoms with Crippen LogP contribution in [0.25, 0.3) is 11.1 Å². The van der Waals surface area contributed by atoms with Gasteiger partial charge in [-0.15, -0.1) is 0 Å². The Hall–Kier alpha value is -3.12. The molecule has 6 aliphatic carbocycles. The third-order valence-corrected chi connectivity index (χ3v) is 8.73. The van der Waals surface area contributed by atoms with Crippen molar-refractivity contribution in [2.45, 2.75) is 44.9 Å². The first-order valence-electron chi connectivity index (χ1n) is 13.2. The Labute approximate surface area is 203 Å². The monoisotopic (exact) mass is 440 g/mol. The highest BCUT2D eigenvalue weighted by Gasteiger charge is 2.35. The van der Waals surface area contributed by atoms with E-state index in [-0.39, 0.29) is 0 Å². The van der Waals surface area contributed by atoms with E-state index in [1.165, 1.54) is 54.5 Å². The summed E-state index contributed by atoms with van der Waals surface area (Å²) in [6, 6.07) is 9.28. The highest BCUT2D eigenvalue weighted by Crippen LogP contribution is 2.46. The lowest BCUT2D eigenvalue weighted by molar-refractivity contribution is 0.551. The zero-order valence-corrected chi connectivity index (χ0v) is 19.8. The number of fused-ring (bicyclic) bond motifs is 3. The Morgan fingerprint density at radius 2 is 1.44 bits per heavy atom. The molecule has 1 aromatic carbocycles. The van der Waals surface area contributed by atoms with Crippen molar-refractivity contribution in [3.8, 4) is 0 Å². The Bertz CT molecular complexity index is 1420. The molecule has 7 rings (SSSR count). The molecule has 0 aromatic heterocycles. The lowest BCUT2D eigenvalue weighted by Gasteiger charge is -2.37. The van der Waals surface area contributed by atoms with Crippen LogP contribution in [0.3, 0.4) is 0 Å². The fourth-order valence-electron chi connectivity index (χ4n) is 7.11. The average molecular weight is 441 g/mol. The van der Waals surface area contributed by atoms with E-state index >= 15 is 0 Å². The molecular formula is C34H32. The second-order valence-corrected chi connectivity index (χ2v) is 10.6. The summed E-state index contributed by atoms with van der Waals surface area (Å²) in [6.07, 6.45) is 34.8. The first-order valence-corrected chi connectivity index (χ1v) is 13.2. The predicted octanol–water partition coefficient (Wildman–Crippen LogP) is 6.95. The Balaban J connectivity index is 1.46. The van der Waals surface area contributed by atoms with Crippen molar-refractivity contribution in [2.24, 2.45) is 17.8 Å². The molecule has 0 bridgehead atoms. The topological polar surface area (TPSA) is 0 Å². The summed E-state index contributed by atoms with van der Waals surface area (Å²) in [4.78, 5) is 0. The van der Waals surface area contributed by atoms with Crippen LogP contribution in [0.15, 0.2) is 119 Å². The maximum absolute atomic E-state index is 2.56. The molecule has 1 aromatic rings. The first-order chi connectivity index (χ1) is 16.9. The van der Waals surface area contributed by atoms with Crippen LogP contribution in [-0.2, 0) is 0 Å². The van der Waals surface area contributed by atoms with E-state index in [0.717, 1.165) is 6.42 Å². The normalized spacial score (nSPS) is 29.1. The molecular weight excluding hydrogens is 408 g/mol. The van der Waals surface area contributed by atoms with Crippen molar-refractivity contribution in [2.75, 3.05) is 0 Å². The molecule has 3 atom stereocenters. The molecule has 0 fully saturated rings. The van der Waals surface area contributed by atoms with Crippen LogP contribution in [0.5, 0.6) is 0 Å². The van der Waals surface area contributed by atoms with Gasteiger partial charge in [-0.25, -0.2) is 0 Å². The number of rotatable bonds is 2. The summed E-state index contributed by atoms with van der Waals surface area (Å²) in [5, 5.41) is 2.94. The molecule has 168 valence electrons. The fraction of sp³-hybridized carbons (Fsp3) is 0.294. The summed E-state index contributed by atoms with van der Waals surface area (Å²) in [5.41, 5.74) is 11.0. The van der Waals surface area contributed by atoms with E-state index in [9.17, 15) is 0 Å². The van der Waals surface area contributed by atoms with Gasteiger partial charge in [0.05, 0.1) is 0 Å². The van der Waals surface area contributed by atoms with Gasteiger partial charge in [-0.05, 0) is 100 Å². The van der Waals surface area contributed by atoms with Crippen molar-refractivity contribution < 1.29 is 0 Å². The average Bonchev–Trinajstić information content (AvgIpc) is 2.91. The van der Waals surface area contributed by atoms with Gasteiger partial charge in [0.2, 0.25) is 0 Å². The van der Waals surface area contributed by atoms with Crippen molar-refractivity contribution in [3.63, 3.8) is 0 Å². The lowest BCUT2D eigenvalue weighted by atomic mass is 9.66. The highest BCUT2D eigenvalue weighted by atomic mass is 14.4. The zero-order valence-electron chi connectivity index (χ0n) is 19.8. The Morgan fingerprint density at radius 1 is 0.676 bits per heavy atom. The van der Waals surface area contributed by atoms with E-state index < -0.39 is 0 Å². The van der Waals surface area contributed by atoms with Gasteiger partial charge in [-0.3, -0.25) is 0 Å². The molecule has 6 aliphatic rings. The molecule has 0 spiro atoms. The zero-order chi connectivity index (χ0) is 22.5. The predicted molar refractivity (Wildman–Crippen MR) is 143 cm³/mol. The molecule has 34 heavy (non-hydrogen) atoms. The second kappa shape index (κ2) is 8.27. The molecule has 0 amide bonds. The molecule has 0 aliphatic heterocycles. The van der Waals surface area contributed by atoms with E-state index in [4.69, 9.17) is 0 Å². The van der Waals surface area contributed by atoms with E-state index in [1.54, 1.807) is 33.4 Å². The SMILES string of the molecule is C1=CC2C(C3=CC4=C(C=CCC4)CC3)=c3ccccc3=C(C3=CC=C4C=CCCC4C3)C2C=C1. The molecule has 0 heterocycles. The minimum absolute atomic E-state index is 0.428. The van der Waals surface area contributed by atoms with E-state index in [0.29, 0.717) is 17.8 Å². The van der Waals surface area contributed by atoms with Crippen LogP contribution in [0.1, 0.15) is 44.9 Å². The molecule has 0 saturated heterocycles. The molecule has 0 nitrogen and oxygen atoms in total. The van der Waals surface area contributed by atoms with Gasteiger partial charge in [-0.1, -0.05) is 91.1 Å². The van der Waals surface area contributed by atoms with Crippen molar-refractivity contribution >= 4 is 11.1 Å². The maximum Gasteiger partial charge on any atom is 0.0134 e. The van der Waals surface area contributed by atoms with E-state index in [2.05, 4.69) is 91.1 Å². The van der Waals surface area contributed by atoms with Crippen LogP contribution in [-0.4, -0.2) is 0 Å². The van der Waals surface area contributed by atoms with Gasteiger partial charge in [0.1, 0.15) is 0 Å². The van der Waals surface area contributed by atoms with Crippen LogP contribution in [0, 0.1) is 17.8 Å². The van der Waals surface area contributed by atoms with Crippen LogP contribution < -0.4 is 10.4 Å². The Morgan fingerprint density at radius 3 is 2.26 bits per heavy atom. The summed E-state index contributed by atoms with van der Waals surface area (Å²) in [6.45, 7) is 0. The van der Waals surface area contributed by atoms with Gasteiger partial charge in [0.15, 0.2) is 0 Å². The number of hydrogen-bond donors (Lipinski definition) is 0. The largest absolute Gasteiger partial charge is 0.0842 e. The second-order valence-electron chi connectivity index (χ2n) is 10.6. The number of benzene rings is 1. The quantitative estimate of drug-likeness (QED) is 0.467. The van der Waals surface area contributed by atoms with Gasteiger partial charge in [0.25, 0.3) is 0 Å². The molecule has 0 radical (unpaired) electrons. The van der Waals surface area contributed by atoms with Crippen molar-refractivity contribution in [1.82, 2.24) is 0 Å². The van der Waals surface area contributed by atoms with Crippen molar-refractivity contribution in [1.29, 1.82) is 0 Å². The smallest absolute Gasteiger partial charge is 0.0134 e. The van der Waals surface area contributed by atoms with Crippen LogP contribution >= 0.6 is 0 Å². The van der Waals surface area contributed by atoms with Crippen molar-refractivity contribution in [3.05, 3.63) is 129 Å². The Kier molecular flexibility index (Phi) is 4.93. The number of allylic oxidation sites excluding steroid dienone is 16.